The van der Waals surface area contributed by atoms with Gasteiger partial charge in [0.1, 0.15) is 0 Å². The summed E-state index contributed by atoms with van der Waals surface area (Å²) < 4.78 is 0. The molecule has 0 spiro atoms. The molecule has 0 bridgehead atoms. The van der Waals surface area contributed by atoms with Gasteiger partial charge in [0.2, 0.25) is 0 Å². The van der Waals surface area contributed by atoms with Crippen LogP contribution in [0.25, 0.3) is 0 Å². The zero-order valence-electron chi connectivity index (χ0n) is 17.6. The number of rotatable bonds is 0. The van der Waals surface area contributed by atoms with Gasteiger partial charge in [-0.05, 0) is 28.0 Å². The van der Waals surface area contributed by atoms with Crippen LogP contribution in [0.2, 0.25) is 0 Å². The van der Waals surface area contributed by atoms with Crippen molar-refractivity contribution < 1.29 is 0 Å². The van der Waals surface area contributed by atoms with E-state index in [-0.39, 0.29) is 5.41 Å². The molecule has 24 heavy (non-hydrogen) atoms. The lowest BCUT2D eigenvalue weighted by atomic mass is 9.87. The lowest BCUT2D eigenvalue weighted by Crippen LogP contribution is -2.10. The van der Waals surface area contributed by atoms with Crippen molar-refractivity contribution >= 4 is 0 Å². The van der Waals surface area contributed by atoms with Crippen LogP contribution in [-0.4, -0.2) is 4.98 Å². The van der Waals surface area contributed by atoms with Crippen LogP contribution in [0.5, 0.6) is 0 Å². The van der Waals surface area contributed by atoms with Crippen LogP contribution in [0.3, 0.4) is 0 Å². The second-order valence-electron chi connectivity index (χ2n) is 7.11. The second-order valence-corrected chi connectivity index (χ2v) is 7.11. The van der Waals surface area contributed by atoms with Crippen molar-refractivity contribution in [3.8, 4) is 0 Å². The zero-order valence-corrected chi connectivity index (χ0v) is 17.6. The molecule has 0 saturated carbocycles. The molecule has 0 atom stereocenters. The van der Waals surface area contributed by atoms with E-state index in [1.54, 1.807) is 6.20 Å². The first-order valence-corrected chi connectivity index (χ1v) is 9.17. The largest absolute Gasteiger partial charge is 0.264 e. The van der Waals surface area contributed by atoms with Gasteiger partial charge in [-0.3, -0.25) is 4.98 Å². The Morgan fingerprint density at radius 3 is 1.25 bits per heavy atom. The molecule has 1 heteroatoms. The van der Waals surface area contributed by atoms with Crippen LogP contribution in [-0.2, 0) is 10.8 Å². The summed E-state index contributed by atoms with van der Waals surface area (Å²) in [6.07, 6.45) is 3.72. The predicted molar refractivity (Wildman–Crippen MR) is 111 cm³/mol. The first kappa shape index (κ1) is 24.6. The second kappa shape index (κ2) is 12.8. The Morgan fingerprint density at radius 1 is 0.583 bits per heavy atom. The Kier molecular flexibility index (Phi) is 13.1. The van der Waals surface area contributed by atoms with Gasteiger partial charge in [0.15, 0.2) is 0 Å². The summed E-state index contributed by atoms with van der Waals surface area (Å²) in [5.41, 5.74) is 3.21. The van der Waals surface area contributed by atoms with Crippen molar-refractivity contribution in [3.05, 3.63) is 66.0 Å². The Bertz CT molecular complexity index is 438. The summed E-state index contributed by atoms with van der Waals surface area (Å²) in [6, 6.07) is 14.6. The van der Waals surface area contributed by atoms with Gasteiger partial charge in [0.05, 0.1) is 0 Å². The summed E-state index contributed by atoms with van der Waals surface area (Å²) in [5, 5.41) is 0. The molecule has 0 saturated heterocycles. The Morgan fingerprint density at radius 2 is 1.00 bits per heavy atom. The highest BCUT2D eigenvalue weighted by molar-refractivity contribution is 5.22. The maximum atomic E-state index is 4.05. The first-order chi connectivity index (χ1) is 11.2. The third-order valence-electron chi connectivity index (χ3n) is 3.17. The van der Waals surface area contributed by atoms with Crippen LogP contribution < -0.4 is 0 Å². The van der Waals surface area contributed by atoms with E-state index in [1.165, 1.54) is 11.1 Å². The van der Waals surface area contributed by atoms with Crippen LogP contribution in [0.15, 0.2) is 54.9 Å². The lowest BCUT2D eigenvalue weighted by molar-refractivity contribution is 0.587. The van der Waals surface area contributed by atoms with Crippen molar-refractivity contribution in [1.82, 2.24) is 4.98 Å². The smallest absolute Gasteiger partial charge is 0.0305 e. The third kappa shape index (κ3) is 11.0. The van der Waals surface area contributed by atoms with Gasteiger partial charge in [-0.25, -0.2) is 0 Å². The molecule has 0 fully saturated rings. The summed E-state index contributed by atoms with van der Waals surface area (Å²) in [4.78, 5) is 4.05. The number of benzene rings is 1. The van der Waals surface area contributed by atoms with E-state index < -0.39 is 0 Å². The van der Waals surface area contributed by atoms with Crippen LogP contribution in [0.4, 0.5) is 0 Å². The van der Waals surface area contributed by atoms with Gasteiger partial charge in [0, 0.05) is 12.4 Å². The van der Waals surface area contributed by atoms with Gasteiger partial charge in [-0.15, -0.1) is 0 Å². The number of nitrogens with zero attached hydrogens (tertiary/aromatic N) is 1. The number of hydrogen-bond acceptors (Lipinski definition) is 1. The molecule has 0 aliphatic rings. The fourth-order valence-corrected chi connectivity index (χ4v) is 1.74. The van der Waals surface area contributed by atoms with Gasteiger partial charge >= 0.3 is 0 Å². The minimum absolute atomic E-state index is 0.230. The van der Waals surface area contributed by atoms with Gasteiger partial charge in [0.25, 0.3) is 0 Å². The van der Waals surface area contributed by atoms with Gasteiger partial charge < -0.3 is 0 Å². The molecular formula is C23H39N. The van der Waals surface area contributed by atoms with Crippen molar-refractivity contribution in [2.24, 2.45) is 0 Å². The third-order valence-corrected chi connectivity index (χ3v) is 3.17. The topological polar surface area (TPSA) is 12.9 Å². The molecule has 0 radical (unpaired) electrons. The van der Waals surface area contributed by atoms with E-state index >= 15 is 0 Å². The van der Waals surface area contributed by atoms with Crippen molar-refractivity contribution in [2.45, 2.75) is 80.1 Å². The van der Waals surface area contributed by atoms with Crippen molar-refractivity contribution in [2.75, 3.05) is 0 Å². The Hall–Kier alpha value is -1.63. The molecule has 0 aliphatic heterocycles. The standard InChI is InChI=1S/C10H14.C9H13N.2C2H6/c1-10(2,3)9-7-5-4-6-8-9;1-9(2,3)8-5-4-6-10-7-8;2*1-2/h4-8H,1-3H3;4-7H,1-3H3;2*1-2H3. The minimum atomic E-state index is 0.230. The van der Waals surface area contributed by atoms with Crippen molar-refractivity contribution in [3.63, 3.8) is 0 Å². The van der Waals surface area contributed by atoms with Crippen LogP contribution in [0.1, 0.15) is 80.4 Å². The molecule has 1 aromatic heterocycles. The molecular weight excluding hydrogens is 290 g/mol. The average Bonchev–Trinajstić information content (AvgIpc) is 2.59. The Labute approximate surface area is 151 Å². The van der Waals surface area contributed by atoms with E-state index in [0.29, 0.717) is 5.41 Å². The van der Waals surface area contributed by atoms with Crippen LogP contribution in [0, 0.1) is 0 Å². The van der Waals surface area contributed by atoms with Gasteiger partial charge in [-0.1, -0.05) is 106 Å². The quantitative estimate of drug-likeness (QED) is 0.490. The van der Waals surface area contributed by atoms with Gasteiger partial charge in [-0.2, -0.15) is 0 Å². The van der Waals surface area contributed by atoms with Crippen molar-refractivity contribution in [1.29, 1.82) is 0 Å². The average molecular weight is 330 g/mol. The number of pyridine rings is 1. The van der Waals surface area contributed by atoms with E-state index in [0.717, 1.165) is 0 Å². The normalized spacial score (nSPS) is 10.1. The minimum Gasteiger partial charge on any atom is -0.264 e. The van der Waals surface area contributed by atoms with E-state index in [2.05, 4.69) is 82.9 Å². The fourth-order valence-electron chi connectivity index (χ4n) is 1.74. The van der Waals surface area contributed by atoms with E-state index in [9.17, 15) is 0 Å². The summed E-state index contributed by atoms with van der Waals surface area (Å²) in [7, 11) is 0. The zero-order chi connectivity index (χ0) is 19.2. The highest BCUT2D eigenvalue weighted by Crippen LogP contribution is 2.21. The SMILES string of the molecule is CC.CC.CC(C)(C)c1ccccc1.CC(C)(C)c1cccnc1. The molecule has 1 nitrogen and oxygen atoms in total. The summed E-state index contributed by atoms with van der Waals surface area (Å²) >= 11 is 0. The number of hydrogen-bond donors (Lipinski definition) is 0. The first-order valence-electron chi connectivity index (χ1n) is 9.17. The molecule has 1 aromatic carbocycles. The molecule has 0 unspecified atom stereocenters. The highest BCUT2D eigenvalue weighted by Gasteiger charge is 2.12. The molecule has 136 valence electrons. The van der Waals surface area contributed by atoms with Crippen LogP contribution >= 0.6 is 0 Å². The monoisotopic (exact) mass is 329 g/mol. The highest BCUT2D eigenvalue weighted by atomic mass is 14.6. The lowest BCUT2D eigenvalue weighted by Gasteiger charge is -2.18. The maximum Gasteiger partial charge on any atom is 0.0305 e. The summed E-state index contributed by atoms with van der Waals surface area (Å²) in [5.74, 6) is 0. The maximum absolute atomic E-state index is 4.05. The molecule has 2 rings (SSSR count). The molecule has 2 aromatic rings. The Balaban J connectivity index is 0. The number of aromatic nitrogens is 1. The predicted octanol–water partition coefficient (Wildman–Crippen LogP) is 7.42. The molecule has 1 heterocycles. The summed E-state index contributed by atoms with van der Waals surface area (Å²) in [6.45, 7) is 21.2. The van der Waals surface area contributed by atoms with E-state index in [4.69, 9.17) is 0 Å². The molecule has 0 amide bonds. The van der Waals surface area contributed by atoms with E-state index in [1.807, 2.05) is 40.0 Å². The fraction of sp³-hybridized carbons (Fsp3) is 0.522. The molecule has 0 aliphatic carbocycles. The molecule has 0 N–H and O–H groups in total.